The van der Waals surface area contributed by atoms with Crippen molar-refractivity contribution >= 4 is 0 Å². The predicted octanol–water partition coefficient (Wildman–Crippen LogP) is 4.51. The summed E-state index contributed by atoms with van der Waals surface area (Å²) >= 11 is 0. The van der Waals surface area contributed by atoms with Crippen LogP contribution in [-0.4, -0.2) is 7.11 Å². The molecular weight excluding hydrogens is 196 g/mol. The summed E-state index contributed by atoms with van der Waals surface area (Å²) in [5.41, 5.74) is 2.79. The van der Waals surface area contributed by atoms with Gasteiger partial charge in [-0.2, -0.15) is 0 Å². The zero-order valence-corrected chi connectivity index (χ0v) is 11.4. The highest BCUT2D eigenvalue weighted by atomic mass is 16.5. The van der Waals surface area contributed by atoms with E-state index >= 15 is 0 Å². The quantitative estimate of drug-likeness (QED) is 0.728. The molecule has 0 aliphatic carbocycles. The Hall–Kier alpha value is -0.980. The Morgan fingerprint density at radius 3 is 2.31 bits per heavy atom. The van der Waals surface area contributed by atoms with Crippen molar-refractivity contribution in [3.63, 3.8) is 0 Å². The molecule has 0 heterocycles. The lowest BCUT2D eigenvalue weighted by atomic mass is 9.84. The van der Waals surface area contributed by atoms with Gasteiger partial charge in [-0.1, -0.05) is 46.8 Å². The van der Waals surface area contributed by atoms with E-state index < -0.39 is 0 Å². The van der Waals surface area contributed by atoms with Crippen molar-refractivity contribution < 1.29 is 4.74 Å². The van der Waals surface area contributed by atoms with Gasteiger partial charge in [0.25, 0.3) is 0 Å². The van der Waals surface area contributed by atoms with E-state index in [0.717, 1.165) is 12.2 Å². The standard InChI is InChI=1S/C15H24O/c1-7-11(2)12-8-9-13(15(3,4)5)14(10-12)16-6/h8-11H,7H2,1-6H3. The number of benzene rings is 1. The molecule has 16 heavy (non-hydrogen) atoms. The van der Waals surface area contributed by atoms with Gasteiger partial charge in [0.05, 0.1) is 7.11 Å². The molecule has 0 saturated heterocycles. The Bertz CT molecular complexity index is 347. The van der Waals surface area contributed by atoms with Crippen LogP contribution in [0.1, 0.15) is 58.1 Å². The molecule has 0 aromatic heterocycles. The molecule has 0 amide bonds. The summed E-state index contributed by atoms with van der Waals surface area (Å²) in [6, 6.07) is 6.63. The molecule has 1 heteroatoms. The zero-order valence-electron chi connectivity index (χ0n) is 11.4. The molecule has 1 nitrogen and oxygen atoms in total. The summed E-state index contributed by atoms with van der Waals surface area (Å²) in [6.45, 7) is 11.1. The van der Waals surface area contributed by atoms with Crippen molar-refractivity contribution in [2.75, 3.05) is 7.11 Å². The van der Waals surface area contributed by atoms with Gasteiger partial charge >= 0.3 is 0 Å². The highest BCUT2D eigenvalue weighted by molar-refractivity contribution is 5.42. The number of methoxy groups -OCH3 is 1. The van der Waals surface area contributed by atoms with E-state index in [2.05, 4.69) is 52.8 Å². The largest absolute Gasteiger partial charge is 0.496 e. The van der Waals surface area contributed by atoms with Crippen molar-refractivity contribution in [3.8, 4) is 5.75 Å². The molecule has 0 aliphatic heterocycles. The van der Waals surface area contributed by atoms with E-state index in [1.807, 2.05) is 0 Å². The Balaban J connectivity index is 3.17. The molecule has 0 bridgehead atoms. The fourth-order valence-corrected chi connectivity index (χ4v) is 1.87. The first-order chi connectivity index (χ1) is 7.40. The van der Waals surface area contributed by atoms with Crippen molar-refractivity contribution in [2.45, 2.75) is 52.4 Å². The minimum atomic E-state index is 0.138. The van der Waals surface area contributed by atoms with Gasteiger partial charge in [-0.15, -0.1) is 0 Å². The molecule has 1 aromatic carbocycles. The third-order valence-electron chi connectivity index (χ3n) is 3.22. The number of rotatable bonds is 3. The van der Waals surface area contributed by atoms with Gasteiger partial charge in [-0.05, 0) is 34.9 Å². The topological polar surface area (TPSA) is 9.23 Å². The lowest BCUT2D eigenvalue weighted by Crippen LogP contribution is -2.13. The van der Waals surface area contributed by atoms with Gasteiger partial charge in [0.15, 0.2) is 0 Å². The van der Waals surface area contributed by atoms with Gasteiger partial charge in [0.1, 0.15) is 5.75 Å². The van der Waals surface area contributed by atoms with Gasteiger partial charge in [0, 0.05) is 0 Å². The second-order valence-electron chi connectivity index (χ2n) is 5.52. The fraction of sp³-hybridized carbons (Fsp3) is 0.600. The maximum atomic E-state index is 5.51. The predicted molar refractivity (Wildman–Crippen MR) is 70.4 cm³/mol. The number of hydrogen-bond donors (Lipinski definition) is 0. The van der Waals surface area contributed by atoms with E-state index in [0.29, 0.717) is 5.92 Å². The molecule has 0 radical (unpaired) electrons. The van der Waals surface area contributed by atoms with E-state index in [4.69, 9.17) is 4.74 Å². The average Bonchev–Trinajstić information content (AvgIpc) is 2.25. The Morgan fingerprint density at radius 2 is 1.88 bits per heavy atom. The van der Waals surface area contributed by atoms with Gasteiger partial charge in [-0.3, -0.25) is 0 Å². The molecule has 90 valence electrons. The molecule has 1 unspecified atom stereocenters. The first-order valence-corrected chi connectivity index (χ1v) is 6.08. The fourth-order valence-electron chi connectivity index (χ4n) is 1.87. The molecule has 0 saturated carbocycles. The van der Waals surface area contributed by atoms with Crippen LogP contribution in [0.3, 0.4) is 0 Å². The summed E-state index contributed by atoms with van der Waals surface area (Å²) < 4.78 is 5.51. The third kappa shape index (κ3) is 2.78. The zero-order chi connectivity index (χ0) is 12.3. The molecule has 0 aliphatic rings. The van der Waals surface area contributed by atoms with Crippen LogP contribution < -0.4 is 4.74 Å². The van der Waals surface area contributed by atoms with Crippen molar-refractivity contribution in [1.29, 1.82) is 0 Å². The Morgan fingerprint density at radius 1 is 1.25 bits per heavy atom. The van der Waals surface area contributed by atoms with Crippen LogP contribution in [0, 0.1) is 0 Å². The minimum absolute atomic E-state index is 0.138. The lowest BCUT2D eigenvalue weighted by Gasteiger charge is -2.23. The van der Waals surface area contributed by atoms with E-state index in [1.165, 1.54) is 11.1 Å². The minimum Gasteiger partial charge on any atom is -0.496 e. The molecule has 1 rings (SSSR count). The van der Waals surface area contributed by atoms with Crippen LogP contribution >= 0.6 is 0 Å². The van der Waals surface area contributed by atoms with Crippen LogP contribution in [-0.2, 0) is 5.41 Å². The normalized spacial score (nSPS) is 13.6. The molecule has 0 spiro atoms. The van der Waals surface area contributed by atoms with E-state index in [-0.39, 0.29) is 5.41 Å². The Kier molecular flexibility index (Phi) is 4.01. The summed E-state index contributed by atoms with van der Waals surface area (Å²) in [7, 11) is 1.75. The van der Waals surface area contributed by atoms with Crippen LogP contribution in [0.4, 0.5) is 0 Å². The number of ether oxygens (including phenoxy) is 1. The second-order valence-corrected chi connectivity index (χ2v) is 5.52. The molecule has 1 aromatic rings. The van der Waals surface area contributed by atoms with Gasteiger partial charge in [-0.25, -0.2) is 0 Å². The second kappa shape index (κ2) is 4.90. The van der Waals surface area contributed by atoms with E-state index in [9.17, 15) is 0 Å². The van der Waals surface area contributed by atoms with Crippen LogP contribution in [0.2, 0.25) is 0 Å². The smallest absolute Gasteiger partial charge is 0.122 e. The monoisotopic (exact) mass is 220 g/mol. The van der Waals surface area contributed by atoms with Gasteiger partial charge < -0.3 is 4.74 Å². The van der Waals surface area contributed by atoms with Crippen LogP contribution in [0.25, 0.3) is 0 Å². The first kappa shape index (κ1) is 13.1. The van der Waals surface area contributed by atoms with Gasteiger partial charge in [0.2, 0.25) is 0 Å². The van der Waals surface area contributed by atoms with Crippen LogP contribution in [0.5, 0.6) is 5.75 Å². The maximum absolute atomic E-state index is 5.51. The maximum Gasteiger partial charge on any atom is 0.122 e. The van der Waals surface area contributed by atoms with Crippen molar-refractivity contribution in [3.05, 3.63) is 29.3 Å². The third-order valence-corrected chi connectivity index (χ3v) is 3.22. The first-order valence-electron chi connectivity index (χ1n) is 6.08. The molecule has 0 fully saturated rings. The summed E-state index contributed by atoms with van der Waals surface area (Å²) in [6.07, 6.45) is 1.16. The van der Waals surface area contributed by atoms with E-state index in [1.54, 1.807) is 7.11 Å². The lowest BCUT2D eigenvalue weighted by molar-refractivity contribution is 0.396. The highest BCUT2D eigenvalue weighted by Crippen LogP contribution is 2.34. The summed E-state index contributed by atoms with van der Waals surface area (Å²) in [4.78, 5) is 0. The summed E-state index contributed by atoms with van der Waals surface area (Å²) in [5.74, 6) is 1.62. The molecule has 0 N–H and O–H groups in total. The molecule has 1 atom stereocenters. The molecular formula is C15H24O. The van der Waals surface area contributed by atoms with Crippen molar-refractivity contribution in [2.24, 2.45) is 0 Å². The SMILES string of the molecule is CCC(C)c1ccc(C(C)(C)C)c(OC)c1. The van der Waals surface area contributed by atoms with Crippen molar-refractivity contribution in [1.82, 2.24) is 0 Å². The Labute approximate surface area is 99.8 Å². The van der Waals surface area contributed by atoms with Crippen LogP contribution in [0.15, 0.2) is 18.2 Å². The summed E-state index contributed by atoms with van der Waals surface area (Å²) in [5, 5.41) is 0. The number of hydrogen-bond acceptors (Lipinski definition) is 1. The highest BCUT2D eigenvalue weighted by Gasteiger charge is 2.19. The average molecular weight is 220 g/mol.